The van der Waals surface area contributed by atoms with Crippen LogP contribution in [0.2, 0.25) is 5.02 Å². The van der Waals surface area contributed by atoms with Crippen molar-refractivity contribution in [3.63, 3.8) is 0 Å². The molecule has 130 valence electrons. The molecule has 1 heterocycles. The standard InChI is InChI=1S/C17H15ClN2O5/c1-23-13-5-3-11(7-12(13)18)20-17(22)16(21)19-8-10-2-4-14-15(6-10)25-9-24-14/h2-7H,8-9H2,1H3,(H,19,21)(H,20,22). The molecule has 2 aromatic rings. The number of anilines is 1. The monoisotopic (exact) mass is 362 g/mol. The molecule has 3 rings (SSSR count). The molecule has 0 spiro atoms. The zero-order chi connectivity index (χ0) is 17.8. The van der Waals surface area contributed by atoms with Crippen molar-refractivity contribution >= 4 is 29.1 Å². The van der Waals surface area contributed by atoms with Crippen molar-refractivity contribution in [3.05, 3.63) is 47.0 Å². The van der Waals surface area contributed by atoms with Gasteiger partial charge in [0.15, 0.2) is 11.5 Å². The molecule has 0 aromatic heterocycles. The molecule has 1 aliphatic rings. The first kappa shape index (κ1) is 16.9. The van der Waals surface area contributed by atoms with Crippen LogP contribution in [0.25, 0.3) is 0 Å². The van der Waals surface area contributed by atoms with Crippen LogP contribution in [0.15, 0.2) is 36.4 Å². The summed E-state index contributed by atoms with van der Waals surface area (Å²) in [6.45, 7) is 0.365. The maximum absolute atomic E-state index is 11.9. The Morgan fingerprint density at radius 3 is 2.68 bits per heavy atom. The molecule has 0 radical (unpaired) electrons. The van der Waals surface area contributed by atoms with E-state index in [1.807, 2.05) is 0 Å². The van der Waals surface area contributed by atoms with E-state index in [2.05, 4.69) is 10.6 Å². The van der Waals surface area contributed by atoms with Gasteiger partial charge in [-0.2, -0.15) is 0 Å². The molecule has 1 aliphatic heterocycles. The Morgan fingerprint density at radius 2 is 1.92 bits per heavy atom. The number of halogens is 1. The van der Waals surface area contributed by atoms with Crippen LogP contribution in [0.5, 0.6) is 17.2 Å². The first-order valence-corrected chi connectivity index (χ1v) is 7.76. The number of hydrogen-bond acceptors (Lipinski definition) is 5. The molecular formula is C17H15ClN2O5. The average Bonchev–Trinajstić information content (AvgIpc) is 3.07. The van der Waals surface area contributed by atoms with E-state index in [9.17, 15) is 9.59 Å². The lowest BCUT2D eigenvalue weighted by Crippen LogP contribution is -2.34. The Bertz CT molecular complexity index is 825. The van der Waals surface area contributed by atoms with Crippen molar-refractivity contribution < 1.29 is 23.8 Å². The summed E-state index contributed by atoms with van der Waals surface area (Å²) in [7, 11) is 1.49. The minimum Gasteiger partial charge on any atom is -0.495 e. The van der Waals surface area contributed by atoms with Crippen molar-refractivity contribution in [1.29, 1.82) is 0 Å². The maximum Gasteiger partial charge on any atom is 0.313 e. The Balaban J connectivity index is 1.56. The molecule has 2 aromatic carbocycles. The van der Waals surface area contributed by atoms with Gasteiger partial charge >= 0.3 is 11.8 Å². The number of benzene rings is 2. The summed E-state index contributed by atoms with van der Waals surface area (Å²) in [5.41, 5.74) is 1.19. The number of carbonyl (C=O) groups is 2. The minimum atomic E-state index is -0.790. The second-order valence-electron chi connectivity index (χ2n) is 5.17. The van der Waals surface area contributed by atoms with Gasteiger partial charge < -0.3 is 24.8 Å². The normalized spacial score (nSPS) is 11.8. The molecule has 0 unspecified atom stereocenters. The molecule has 2 amide bonds. The number of fused-ring (bicyclic) bond motifs is 1. The van der Waals surface area contributed by atoms with E-state index in [0.29, 0.717) is 28.0 Å². The quantitative estimate of drug-likeness (QED) is 0.815. The largest absolute Gasteiger partial charge is 0.495 e. The molecule has 0 saturated heterocycles. The molecule has 7 nitrogen and oxygen atoms in total. The lowest BCUT2D eigenvalue weighted by Gasteiger charge is -2.09. The van der Waals surface area contributed by atoms with Crippen LogP contribution < -0.4 is 24.8 Å². The third-order valence-corrected chi connectivity index (χ3v) is 3.80. The molecule has 0 aliphatic carbocycles. The highest BCUT2D eigenvalue weighted by molar-refractivity contribution is 6.39. The third-order valence-electron chi connectivity index (χ3n) is 3.51. The molecular weight excluding hydrogens is 348 g/mol. The second kappa shape index (κ2) is 7.31. The molecule has 8 heteroatoms. The van der Waals surface area contributed by atoms with Crippen LogP contribution in [0.1, 0.15) is 5.56 Å². The summed E-state index contributed by atoms with van der Waals surface area (Å²) in [5.74, 6) is 0.201. The summed E-state index contributed by atoms with van der Waals surface area (Å²) in [4.78, 5) is 23.9. The molecule has 0 fully saturated rings. The highest BCUT2D eigenvalue weighted by Crippen LogP contribution is 2.32. The summed E-state index contributed by atoms with van der Waals surface area (Å²) in [5, 5.41) is 5.35. The molecule has 2 N–H and O–H groups in total. The lowest BCUT2D eigenvalue weighted by molar-refractivity contribution is -0.136. The fraction of sp³-hybridized carbons (Fsp3) is 0.176. The van der Waals surface area contributed by atoms with Gasteiger partial charge in [0.05, 0.1) is 12.1 Å². The van der Waals surface area contributed by atoms with Crippen LogP contribution in [0, 0.1) is 0 Å². The molecule has 0 atom stereocenters. The van der Waals surface area contributed by atoms with Crippen LogP contribution >= 0.6 is 11.6 Å². The predicted molar refractivity (Wildman–Crippen MR) is 91.0 cm³/mol. The van der Waals surface area contributed by atoms with Gasteiger partial charge in [-0.15, -0.1) is 0 Å². The lowest BCUT2D eigenvalue weighted by atomic mass is 10.2. The number of hydrogen-bond donors (Lipinski definition) is 2. The summed E-state index contributed by atoms with van der Waals surface area (Å²) in [6.07, 6.45) is 0. The van der Waals surface area contributed by atoms with Gasteiger partial charge in [-0.25, -0.2) is 0 Å². The number of amides is 2. The first-order chi connectivity index (χ1) is 12.1. The van der Waals surface area contributed by atoms with Gasteiger partial charge in [-0.3, -0.25) is 9.59 Å². The van der Waals surface area contributed by atoms with Gasteiger partial charge in [0, 0.05) is 12.2 Å². The number of rotatable bonds is 4. The summed E-state index contributed by atoms with van der Waals surface area (Å²) < 4.78 is 15.5. The Morgan fingerprint density at radius 1 is 1.12 bits per heavy atom. The molecule has 0 saturated carbocycles. The van der Waals surface area contributed by atoms with Crippen LogP contribution in [0.4, 0.5) is 5.69 Å². The van der Waals surface area contributed by atoms with E-state index < -0.39 is 11.8 Å². The Labute approximate surface area is 148 Å². The zero-order valence-corrected chi connectivity index (χ0v) is 14.1. The molecule has 0 bridgehead atoms. The van der Waals surface area contributed by atoms with Crippen LogP contribution in [0.3, 0.4) is 0 Å². The third kappa shape index (κ3) is 3.95. The van der Waals surface area contributed by atoms with E-state index in [1.165, 1.54) is 13.2 Å². The van der Waals surface area contributed by atoms with E-state index >= 15 is 0 Å². The van der Waals surface area contributed by atoms with Gasteiger partial charge in [-0.05, 0) is 35.9 Å². The highest BCUT2D eigenvalue weighted by Gasteiger charge is 2.16. The number of ether oxygens (including phenoxy) is 3. The summed E-state index contributed by atoms with van der Waals surface area (Å²) in [6, 6.07) is 9.99. The van der Waals surface area contributed by atoms with E-state index in [1.54, 1.807) is 30.3 Å². The zero-order valence-electron chi connectivity index (χ0n) is 13.3. The SMILES string of the molecule is COc1ccc(NC(=O)C(=O)NCc2ccc3c(c2)OCO3)cc1Cl. The van der Waals surface area contributed by atoms with Gasteiger partial charge in [0.2, 0.25) is 6.79 Å². The van der Waals surface area contributed by atoms with E-state index in [-0.39, 0.29) is 13.3 Å². The molecule has 25 heavy (non-hydrogen) atoms. The summed E-state index contributed by atoms with van der Waals surface area (Å²) >= 11 is 5.98. The van der Waals surface area contributed by atoms with Gasteiger partial charge in [0.1, 0.15) is 5.75 Å². The fourth-order valence-corrected chi connectivity index (χ4v) is 2.50. The van der Waals surface area contributed by atoms with Crippen molar-refractivity contribution in [2.24, 2.45) is 0 Å². The van der Waals surface area contributed by atoms with E-state index in [0.717, 1.165) is 5.56 Å². The second-order valence-corrected chi connectivity index (χ2v) is 5.58. The number of methoxy groups -OCH3 is 1. The minimum absolute atomic E-state index is 0.179. The highest BCUT2D eigenvalue weighted by atomic mass is 35.5. The number of nitrogens with one attached hydrogen (secondary N) is 2. The van der Waals surface area contributed by atoms with Crippen molar-refractivity contribution in [1.82, 2.24) is 5.32 Å². The smallest absolute Gasteiger partial charge is 0.313 e. The Kier molecular flexibility index (Phi) is 4.95. The maximum atomic E-state index is 11.9. The average molecular weight is 363 g/mol. The van der Waals surface area contributed by atoms with E-state index in [4.69, 9.17) is 25.8 Å². The Hall–Kier alpha value is -2.93. The first-order valence-electron chi connectivity index (χ1n) is 7.38. The van der Waals surface area contributed by atoms with Gasteiger partial charge in [-0.1, -0.05) is 17.7 Å². The van der Waals surface area contributed by atoms with Crippen LogP contribution in [-0.4, -0.2) is 25.7 Å². The van der Waals surface area contributed by atoms with Crippen molar-refractivity contribution in [2.45, 2.75) is 6.54 Å². The fourth-order valence-electron chi connectivity index (χ4n) is 2.25. The van der Waals surface area contributed by atoms with Crippen molar-refractivity contribution in [2.75, 3.05) is 19.2 Å². The topological polar surface area (TPSA) is 85.9 Å². The number of carbonyl (C=O) groups excluding carboxylic acids is 2. The van der Waals surface area contributed by atoms with Crippen molar-refractivity contribution in [3.8, 4) is 17.2 Å². The van der Waals surface area contributed by atoms with Gasteiger partial charge in [0.25, 0.3) is 0 Å². The predicted octanol–water partition coefficient (Wildman–Crippen LogP) is 2.33. The van der Waals surface area contributed by atoms with Crippen LogP contribution in [-0.2, 0) is 16.1 Å².